The minimum Gasteiger partial charge on any atom is -0.285 e. The molecule has 2 saturated heterocycles. The maximum Gasteiger partial charge on any atom is 0.238 e. The van der Waals surface area contributed by atoms with Crippen molar-refractivity contribution in [3.05, 3.63) is 96.2 Å². The molecule has 5 nitrogen and oxygen atoms in total. The third-order valence-corrected chi connectivity index (χ3v) is 9.90. The number of hydrogen-bond acceptors (Lipinski definition) is 3. The van der Waals surface area contributed by atoms with Gasteiger partial charge in [-0.2, -0.15) is 0 Å². The van der Waals surface area contributed by atoms with Crippen LogP contribution in [0.1, 0.15) is 24.0 Å². The fourth-order valence-corrected chi connectivity index (χ4v) is 8.26. The number of benzene rings is 2. The van der Waals surface area contributed by atoms with Crippen LogP contribution in [-0.2, 0) is 20.8 Å². The Kier molecular flexibility index (Phi) is 4.28. The molecule has 2 saturated carbocycles. The van der Waals surface area contributed by atoms with E-state index in [1.165, 1.54) is 4.90 Å². The highest BCUT2D eigenvalue weighted by molar-refractivity contribution is 6.22. The van der Waals surface area contributed by atoms with Crippen LogP contribution in [0.5, 0.6) is 0 Å². The van der Waals surface area contributed by atoms with E-state index in [0.717, 1.165) is 41.8 Å². The normalized spacial score (nSPS) is 36.4. The molecule has 184 valence electrons. The predicted octanol–water partition coefficient (Wildman–Crippen LogP) is 4.89. The fourth-order valence-electron chi connectivity index (χ4n) is 8.26. The lowest BCUT2D eigenvalue weighted by Gasteiger charge is -2.21. The molecule has 5 heteroatoms. The van der Waals surface area contributed by atoms with Crippen molar-refractivity contribution in [3.63, 3.8) is 0 Å². The van der Waals surface area contributed by atoms with Gasteiger partial charge in [0.05, 0.1) is 23.4 Å². The number of hydrogen-bond donors (Lipinski definition) is 0. The van der Waals surface area contributed by atoms with Gasteiger partial charge in [0, 0.05) is 17.3 Å². The number of nitrogens with zero attached hydrogens (tertiary/aromatic N) is 2. The lowest BCUT2D eigenvalue weighted by molar-refractivity contribution is -0.123. The molecule has 8 atom stereocenters. The van der Waals surface area contributed by atoms with E-state index in [0.29, 0.717) is 17.5 Å². The largest absolute Gasteiger partial charge is 0.285 e. The van der Waals surface area contributed by atoms with E-state index in [2.05, 4.69) is 43.0 Å². The quantitative estimate of drug-likeness (QED) is 0.455. The Morgan fingerprint density at radius 2 is 0.946 bits per heavy atom. The molecule has 4 fully saturated rings. The summed E-state index contributed by atoms with van der Waals surface area (Å²) in [4.78, 5) is 42.7. The molecule has 4 bridgehead atoms. The van der Waals surface area contributed by atoms with E-state index in [1.54, 1.807) is 0 Å². The maximum absolute atomic E-state index is 13.2. The van der Waals surface area contributed by atoms with Gasteiger partial charge in [-0.05, 0) is 78.3 Å². The van der Waals surface area contributed by atoms with Crippen LogP contribution in [0, 0.1) is 47.3 Å². The van der Waals surface area contributed by atoms with Gasteiger partial charge in [0.15, 0.2) is 0 Å². The minimum atomic E-state index is -0.176. The second kappa shape index (κ2) is 7.41. The summed E-state index contributed by atoms with van der Waals surface area (Å²) in [6, 6.07) is 16.0. The number of carbonyl (C=O) groups is 3. The van der Waals surface area contributed by atoms with Gasteiger partial charge in [-0.3, -0.25) is 24.2 Å². The van der Waals surface area contributed by atoms with E-state index in [4.69, 9.17) is 0 Å². The Morgan fingerprint density at radius 1 is 0.568 bits per heavy atom. The first-order valence-corrected chi connectivity index (χ1v) is 13.4. The molecular formula is C32H28N2O3. The number of amides is 3. The van der Waals surface area contributed by atoms with Gasteiger partial charge in [0.25, 0.3) is 0 Å². The topological polar surface area (TPSA) is 57.7 Å². The van der Waals surface area contributed by atoms with Crippen LogP contribution in [0.25, 0.3) is 0 Å². The first-order valence-electron chi connectivity index (χ1n) is 13.4. The highest BCUT2D eigenvalue weighted by Gasteiger charge is 2.59. The molecule has 0 radical (unpaired) electrons. The van der Waals surface area contributed by atoms with Crippen LogP contribution < -0.4 is 9.80 Å². The van der Waals surface area contributed by atoms with Crippen LogP contribution >= 0.6 is 0 Å². The highest BCUT2D eigenvalue weighted by Crippen LogP contribution is 2.56. The predicted molar refractivity (Wildman–Crippen MR) is 140 cm³/mol. The van der Waals surface area contributed by atoms with Crippen LogP contribution in [0.4, 0.5) is 11.4 Å². The Balaban J connectivity index is 0.973. The van der Waals surface area contributed by atoms with E-state index in [1.807, 2.05) is 41.3 Å². The van der Waals surface area contributed by atoms with Crippen LogP contribution in [0.15, 0.2) is 85.1 Å². The van der Waals surface area contributed by atoms with Gasteiger partial charge in [0.2, 0.25) is 17.7 Å². The molecular weight excluding hydrogens is 460 g/mol. The monoisotopic (exact) mass is 488 g/mol. The Bertz CT molecular complexity index is 1270. The van der Waals surface area contributed by atoms with Crippen molar-refractivity contribution in [2.45, 2.75) is 19.3 Å². The standard InChI is InChI=1S/C32H28N2O3/c1-17-26-20-6-7-21(15-20)27(26)30(35)33(17)24-10-2-18(3-11-24)14-19-4-12-25(13-5-19)34-31(36)28-22-8-9-23(16-22)29(28)32(34)37/h2-13,20-23,26-29H,1,14-16H2. The molecule has 8 unspecified atom stereocenters. The van der Waals surface area contributed by atoms with Crippen molar-refractivity contribution in [3.8, 4) is 0 Å². The summed E-state index contributed by atoms with van der Waals surface area (Å²) in [6.07, 6.45) is 11.5. The summed E-state index contributed by atoms with van der Waals surface area (Å²) in [5, 5.41) is 0. The summed E-state index contributed by atoms with van der Waals surface area (Å²) in [7, 11) is 0. The Labute approximate surface area is 216 Å². The first kappa shape index (κ1) is 21.4. The van der Waals surface area contributed by atoms with E-state index < -0.39 is 0 Å². The molecule has 8 rings (SSSR count). The van der Waals surface area contributed by atoms with E-state index >= 15 is 0 Å². The molecule has 37 heavy (non-hydrogen) atoms. The van der Waals surface area contributed by atoms with Crippen LogP contribution in [0.3, 0.4) is 0 Å². The van der Waals surface area contributed by atoms with Crippen molar-refractivity contribution in [2.75, 3.05) is 9.80 Å². The number of allylic oxidation sites excluding steroid dienone is 5. The zero-order valence-corrected chi connectivity index (χ0v) is 20.5. The van der Waals surface area contributed by atoms with Crippen LogP contribution in [-0.4, -0.2) is 17.7 Å². The SMILES string of the molecule is C=C1C2C3C=CC(C3)C2C(=O)N1c1ccc(Cc2ccc(N3C(=O)C4C5C=CC(C5)C4C3=O)cc2)cc1. The minimum absolute atomic E-state index is 0.0406. The lowest BCUT2D eigenvalue weighted by Crippen LogP contribution is -2.32. The van der Waals surface area contributed by atoms with Crippen molar-refractivity contribution in [2.24, 2.45) is 47.3 Å². The zero-order chi connectivity index (χ0) is 25.0. The molecule has 0 N–H and O–H groups in total. The molecule has 4 aliphatic carbocycles. The molecule has 0 spiro atoms. The summed E-state index contributed by atoms with van der Waals surface area (Å²) in [6.45, 7) is 4.31. The number of anilines is 2. The molecule has 2 heterocycles. The van der Waals surface area contributed by atoms with Crippen molar-refractivity contribution in [1.29, 1.82) is 0 Å². The average molecular weight is 489 g/mol. The molecule has 2 aromatic carbocycles. The number of fused-ring (bicyclic) bond motifs is 10. The smallest absolute Gasteiger partial charge is 0.238 e. The van der Waals surface area contributed by atoms with Crippen molar-refractivity contribution < 1.29 is 14.4 Å². The van der Waals surface area contributed by atoms with Gasteiger partial charge < -0.3 is 0 Å². The van der Waals surface area contributed by atoms with Crippen molar-refractivity contribution in [1.82, 2.24) is 0 Å². The van der Waals surface area contributed by atoms with Gasteiger partial charge in [-0.15, -0.1) is 0 Å². The van der Waals surface area contributed by atoms with Gasteiger partial charge >= 0.3 is 0 Å². The molecule has 3 amide bonds. The van der Waals surface area contributed by atoms with E-state index in [9.17, 15) is 14.4 Å². The van der Waals surface area contributed by atoms with E-state index in [-0.39, 0.29) is 53.2 Å². The molecule has 2 aliphatic heterocycles. The maximum atomic E-state index is 13.2. The third kappa shape index (κ3) is 2.83. The summed E-state index contributed by atoms with van der Waals surface area (Å²) < 4.78 is 0. The van der Waals surface area contributed by atoms with Crippen LogP contribution in [0.2, 0.25) is 0 Å². The van der Waals surface area contributed by atoms with Gasteiger partial charge in [-0.25, -0.2) is 0 Å². The number of carbonyl (C=O) groups excluding carboxylic acids is 3. The first-order chi connectivity index (χ1) is 18.0. The van der Waals surface area contributed by atoms with Crippen molar-refractivity contribution >= 4 is 29.1 Å². The zero-order valence-electron chi connectivity index (χ0n) is 20.5. The second-order valence-electron chi connectivity index (χ2n) is 11.7. The lowest BCUT2D eigenvalue weighted by atomic mass is 9.84. The molecule has 0 aromatic heterocycles. The Morgan fingerprint density at radius 3 is 1.41 bits per heavy atom. The summed E-state index contributed by atoms with van der Waals surface area (Å²) >= 11 is 0. The molecule has 6 aliphatic rings. The van der Waals surface area contributed by atoms with Gasteiger partial charge in [0.1, 0.15) is 0 Å². The Hall–Kier alpha value is -3.73. The summed E-state index contributed by atoms with van der Waals surface area (Å²) in [5.74, 6) is 1.32. The molecule has 2 aromatic rings. The number of rotatable bonds is 4. The highest BCUT2D eigenvalue weighted by atomic mass is 16.2. The number of imide groups is 1. The third-order valence-electron chi connectivity index (χ3n) is 9.90. The average Bonchev–Trinajstić information content (AvgIpc) is 3.74. The second-order valence-corrected chi connectivity index (χ2v) is 11.7. The van der Waals surface area contributed by atoms with Gasteiger partial charge in [-0.1, -0.05) is 55.1 Å². The fraction of sp³-hybridized carbons (Fsp3) is 0.344. The summed E-state index contributed by atoms with van der Waals surface area (Å²) in [5.41, 5.74) is 4.75.